The highest BCUT2D eigenvalue weighted by atomic mass is 79.9. The molecule has 0 unspecified atom stereocenters. The predicted molar refractivity (Wildman–Crippen MR) is 63.6 cm³/mol. The van der Waals surface area contributed by atoms with E-state index in [4.69, 9.17) is 0 Å². The summed E-state index contributed by atoms with van der Waals surface area (Å²) in [4.78, 5) is 10.9. The van der Waals surface area contributed by atoms with E-state index in [1.54, 1.807) is 6.07 Å². The van der Waals surface area contributed by atoms with Crippen LogP contribution in [-0.4, -0.2) is 27.0 Å². The molecule has 0 saturated heterocycles. The van der Waals surface area contributed by atoms with Gasteiger partial charge in [0.1, 0.15) is 5.82 Å². The number of carbonyl (C=O) groups excluding carboxylic acids is 1. The molecule has 0 bridgehead atoms. The van der Waals surface area contributed by atoms with E-state index >= 15 is 0 Å². The topological polar surface area (TPSA) is 47.8 Å². The Balaban J connectivity index is 2.20. The van der Waals surface area contributed by atoms with Crippen LogP contribution < -0.4 is 0 Å². The van der Waals surface area contributed by atoms with Crippen LogP contribution in [0.2, 0.25) is 0 Å². The lowest BCUT2D eigenvalue weighted by Gasteiger charge is -2.02. The molecule has 0 aliphatic rings. The summed E-state index contributed by atoms with van der Waals surface area (Å²) in [5.41, 5.74) is -0.333. The summed E-state index contributed by atoms with van der Waals surface area (Å²) in [6.07, 6.45) is -4.13. The Morgan fingerprint density at radius 2 is 2.00 bits per heavy atom. The van der Waals surface area contributed by atoms with Crippen LogP contribution >= 0.6 is 15.9 Å². The normalized spacial score (nSPS) is 11.7. The molecule has 20 heavy (non-hydrogen) atoms. The molecule has 2 aromatic rings. The van der Waals surface area contributed by atoms with Gasteiger partial charge in [0, 0.05) is 4.47 Å². The molecular formula is C11H6BrF4N3O. The van der Waals surface area contributed by atoms with E-state index in [0.717, 1.165) is 10.9 Å². The number of hydrogen-bond donors (Lipinski definition) is 0. The van der Waals surface area contributed by atoms with Crippen molar-refractivity contribution in [3.05, 3.63) is 45.9 Å². The molecule has 9 heteroatoms. The Kier molecular flexibility index (Phi) is 3.89. The first-order valence-electron chi connectivity index (χ1n) is 5.22. The van der Waals surface area contributed by atoms with Crippen molar-refractivity contribution in [3.8, 4) is 0 Å². The van der Waals surface area contributed by atoms with Crippen LogP contribution in [-0.2, 0) is 6.54 Å². The number of rotatable bonds is 3. The van der Waals surface area contributed by atoms with Crippen molar-refractivity contribution in [1.29, 1.82) is 0 Å². The van der Waals surface area contributed by atoms with Gasteiger partial charge in [-0.2, -0.15) is 13.2 Å². The standard InChI is InChI=1S/C11H6BrF4N3O/c12-7-1-6(2-8(13)3-7)4-19-5-9(17-18-19)10(20)11(14,15)16/h1-3,5H,4H2. The summed E-state index contributed by atoms with van der Waals surface area (Å²) in [5, 5.41) is 6.58. The second-order valence-electron chi connectivity index (χ2n) is 3.91. The number of aromatic nitrogens is 3. The van der Waals surface area contributed by atoms with Crippen molar-refractivity contribution >= 4 is 21.7 Å². The molecule has 0 aliphatic carbocycles. The maximum atomic E-state index is 13.1. The summed E-state index contributed by atoms with van der Waals surface area (Å²) < 4.78 is 51.2. The van der Waals surface area contributed by atoms with E-state index in [1.807, 2.05) is 0 Å². The van der Waals surface area contributed by atoms with Crippen molar-refractivity contribution < 1.29 is 22.4 Å². The summed E-state index contributed by atoms with van der Waals surface area (Å²) in [6, 6.07) is 4.02. The number of alkyl halides is 3. The third-order valence-electron chi connectivity index (χ3n) is 2.30. The van der Waals surface area contributed by atoms with Crippen molar-refractivity contribution in [2.75, 3.05) is 0 Å². The van der Waals surface area contributed by atoms with Gasteiger partial charge in [-0.05, 0) is 23.8 Å². The second kappa shape index (κ2) is 5.31. The van der Waals surface area contributed by atoms with Crippen LogP contribution in [0.3, 0.4) is 0 Å². The minimum atomic E-state index is -5.00. The Morgan fingerprint density at radius 3 is 2.60 bits per heavy atom. The van der Waals surface area contributed by atoms with E-state index < -0.39 is 23.5 Å². The molecule has 0 spiro atoms. The van der Waals surface area contributed by atoms with Gasteiger partial charge in [-0.25, -0.2) is 9.07 Å². The van der Waals surface area contributed by atoms with Crippen molar-refractivity contribution in [3.63, 3.8) is 0 Å². The monoisotopic (exact) mass is 351 g/mol. The summed E-state index contributed by atoms with van der Waals surface area (Å²) in [6.45, 7) is -0.00546. The van der Waals surface area contributed by atoms with E-state index in [9.17, 15) is 22.4 Å². The summed E-state index contributed by atoms with van der Waals surface area (Å²) in [7, 11) is 0. The average molecular weight is 352 g/mol. The van der Waals surface area contributed by atoms with Crippen LogP contribution in [0.15, 0.2) is 28.9 Å². The number of ketones is 1. The van der Waals surface area contributed by atoms with Crippen LogP contribution in [0, 0.1) is 5.82 Å². The molecule has 1 aromatic carbocycles. The lowest BCUT2D eigenvalue weighted by atomic mass is 10.2. The molecule has 0 fully saturated rings. The fraction of sp³-hybridized carbons (Fsp3) is 0.182. The molecule has 0 atom stereocenters. The van der Waals surface area contributed by atoms with Gasteiger partial charge in [0.2, 0.25) is 0 Å². The van der Waals surface area contributed by atoms with E-state index in [0.29, 0.717) is 10.0 Å². The smallest absolute Gasteiger partial charge is 0.282 e. The number of nitrogens with zero attached hydrogens (tertiary/aromatic N) is 3. The average Bonchev–Trinajstić information content (AvgIpc) is 2.73. The Labute approximate surface area is 118 Å². The van der Waals surface area contributed by atoms with Gasteiger partial charge in [-0.3, -0.25) is 4.79 Å². The lowest BCUT2D eigenvalue weighted by molar-refractivity contribution is -0.0888. The van der Waals surface area contributed by atoms with Crippen LogP contribution in [0.4, 0.5) is 17.6 Å². The molecule has 0 radical (unpaired) electrons. The maximum Gasteiger partial charge on any atom is 0.456 e. The largest absolute Gasteiger partial charge is 0.456 e. The summed E-state index contributed by atoms with van der Waals surface area (Å²) in [5.74, 6) is -2.56. The maximum absolute atomic E-state index is 13.1. The van der Waals surface area contributed by atoms with Gasteiger partial charge in [0.05, 0.1) is 12.7 Å². The number of carbonyl (C=O) groups is 1. The highest BCUT2D eigenvalue weighted by Gasteiger charge is 2.41. The zero-order valence-electron chi connectivity index (χ0n) is 9.66. The first kappa shape index (κ1) is 14.6. The minimum Gasteiger partial charge on any atom is -0.282 e. The van der Waals surface area contributed by atoms with Crippen molar-refractivity contribution in [2.24, 2.45) is 0 Å². The quantitative estimate of drug-likeness (QED) is 0.630. The molecule has 1 heterocycles. The molecule has 106 valence electrons. The third-order valence-corrected chi connectivity index (χ3v) is 2.75. The molecular weight excluding hydrogens is 346 g/mol. The van der Waals surface area contributed by atoms with Gasteiger partial charge in [0.15, 0.2) is 5.69 Å². The summed E-state index contributed by atoms with van der Waals surface area (Å²) >= 11 is 3.09. The minimum absolute atomic E-state index is 0.00546. The number of Topliss-reactive ketones (excluding diaryl/α,β-unsaturated/α-hetero) is 1. The van der Waals surface area contributed by atoms with Crippen LogP contribution in [0.5, 0.6) is 0 Å². The fourth-order valence-corrected chi connectivity index (χ4v) is 2.03. The molecule has 0 amide bonds. The Hall–Kier alpha value is -1.77. The zero-order valence-corrected chi connectivity index (χ0v) is 11.2. The Bertz CT molecular complexity index is 633. The first-order valence-corrected chi connectivity index (χ1v) is 6.01. The van der Waals surface area contributed by atoms with Gasteiger partial charge < -0.3 is 0 Å². The molecule has 0 N–H and O–H groups in total. The fourth-order valence-electron chi connectivity index (χ4n) is 1.51. The predicted octanol–water partition coefficient (Wildman–Crippen LogP) is 2.97. The molecule has 0 saturated carbocycles. The van der Waals surface area contributed by atoms with Crippen LogP contribution in [0.25, 0.3) is 0 Å². The van der Waals surface area contributed by atoms with Crippen molar-refractivity contribution in [1.82, 2.24) is 15.0 Å². The molecule has 2 rings (SSSR count). The van der Waals surface area contributed by atoms with Crippen molar-refractivity contribution in [2.45, 2.75) is 12.7 Å². The van der Waals surface area contributed by atoms with E-state index in [2.05, 4.69) is 26.2 Å². The molecule has 4 nitrogen and oxygen atoms in total. The molecule has 0 aliphatic heterocycles. The SMILES string of the molecule is O=C(c1cn(Cc2cc(F)cc(Br)c2)nn1)C(F)(F)F. The third kappa shape index (κ3) is 3.41. The van der Waals surface area contributed by atoms with E-state index in [-0.39, 0.29) is 6.54 Å². The zero-order chi connectivity index (χ0) is 14.9. The van der Waals surface area contributed by atoms with Gasteiger partial charge in [-0.15, -0.1) is 5.10 Å². The van der Waals surface area contributed by atoms with Crippen LogP contribution in [0.1, 0.15) is 16.1 Å². The highest BCUT2D eigenvalue weighted by Crippen LogP contribution is 2.20. The van der Waals surface area contributed by atoms with Gasteiger partial charge in [-0.1, -0.05) is 21.1 Å². The lowest BCUT2D eigenvalue weighted by Crippen LogP contribution is -2.23. The number of hydrogen-bond acceptors (Lipinski definition) is 3. The molecule has 1 aromatic heterocycles. The van der Waals surface area contributed by atoms with Gasteiger partial charge in [0.25, 0.3) is 5.78 Å². The number of benzene rings is 1. The second-order valence-corrected chi connectivity index (χ2v) is 4.82. The first-order chi connectivity index (χ1) is 9.25. The van der Waals surface area contributed by atoms with E-state index in [1.165, 1.54) is 12.1 Å². The van der Waals surface area contributed by atoms with Gasteiger partial charge >= 0.3 is 6.18 Å². The Morgan fingerprint density at radius 1 is 1.30 bits per heavy atom. The highest BCUT2D eigenvalue weighted by molar-refractivity contribution is 9.10. The number of halogens is 5.